The predicted octanol–water partition coefficient (Wildman–Crippen LogP) is 5.66. The summed E-state index contributed by atoms with van der Waals surface area (Å²) >= 11 is 0. The minimum absolute atomic E-state index is 0.287. The number of aliphatic hydroxyl groups is 2. The van der Waals surface area contributed by atoms with Crippen molar-refractivity contribution in [2.24, 2.45) is 40.4 Å². The summed E-state index contributed by atoms with van der Waals surface area (Å²) in [4.78, 5) is 0. The van der Waals surface area contributed by atoms with Crippen LogP contribution in [0, 0.1) is 40.4 Å². The molecule has 0 unspecified atom stereocenters. The maximum Gasteiger partial charge on any atom is 0.0902 e. The summed E-state index contributed by atoms with van der Waals surface area (Å²) in [6.45, 7) is 10.7. The van der Waals surface area contributed by atoms with Crippen LogP contribution in [-0.4, -0.2) is 34.6 Å². The van der Waals surface area contributed by atoms with Crippen LogP contribution in [0.2, 0.25) is 0 Å². The molecular formula is C28H44O3. The zero-order valence-electron chi connectivity index (χ0n) is 20.2. The lowest BCUT2D eigenvalue weighted by Crippen LogP contribution is -2.52. The average molecular weight is 429 g/mol. The van der Waals surface area contributed by atoms with Gasteiger partial charge in [0.25, 0.3) is 0 Å². The standard InChI is InChI=1S/C28H44O3/c1-19(9-12-28(30)15-16-31-18-28)22-7-8-23-21-6-5-20-17-25(2,29)13-14-26(20,3)24(21)10-11-27(22,23)4/h5,7-8,19,21-24,29-30H,6,9-18H2,1-4H3/t19-,21+,22-,23+,24+,25+,26+,27-,28+/m1/s1. The van der Waals surface area contributed by atoms with E-state index in [0.717, 1.165) is 50.4 Å². The van der Waals surface area contributed by atoms with Crippen LogP contribution in [0.3, 0.4) is 0 Å². The highest BCUT2D eigenvalue weighted by Crippen LogP contribution is 2.66. The zero-order valence-corrected chi connectivity index (χ0v) is 20.2. The first-order chi connectivity index (χ1) is 14.6. The molecule has 3 heteroatoms. The Labute approximate surface area is 189 Å². The number of rotatable bonds is 4. The molecule has 174 valence electrons. The summed E-state index contributed by atoms with van der Waals surface area (Å²) < 4.78 is 5.46. The predicted molar refractivity (Wildman–Crippen MR) is 125 cm³/mol. The smallest absolute Gasteiger partial charge is 0.0902 e. The third-order valence-electron chi connectivity index (χ3n) is 10.7. The molecule has 0 bridgehead atoms. The zero-order chi connectivity index (χ0) is 22.1. The van der Waals surface area contributed by atoms with E-state index in [2.05, 4.69) is 39.0 Å². The van der Waals surface area contributed by atoms with Gasteiger partial charge in [0.15, 0.2) is 0 Å². The van der Waals surface area contributed by atoms with E-state index in [-0.39, 0.29) is 5.41 Å². The fourth-order valence-corrected chi connectivity index (χ4v) is 8.61. The monoisotopic (exact) mass is 428 g/mol. The first kappa shape index (κ1) is 22.2. The van der Waals surface area contributed by atoms with Crippen LogP contribution in [0.15, 0.2) is 23.8 Å². The van der Waals surface area contributed by atoms with Gasteiger partial charge in [-0.2, -0.15) is 0 Å². The average Bonchev–Trinajstić information content (AvgIpc) is 3.30. The van der Waals surface area contributed by atoms with Crippen LogP contribution in [0.1, 0.15) is 85.5 Å². The van der Waals surface area contributed by atoms with Crippen LogP contribution in [0.5, 0.6) is 0 Å². The van der Waals surface area contributed by atoms with Gasteiger partial charge in [0.1, 0.15) is 0 Å². The lowest BCUT2D eigenvalue weighted by Gasteiger charge is -2.59. The third-order valence-corrected chi connectivity index (χ3v) is 10.7. The van der Waals surface area contributed by atoms with E-state index in [1.54, 1.807) is 5.57 Å². The SMILES string of the molecule is C[C@H](CC[C@]1(O)CCOC1)[C@H]1C=C[C@H]2[C@@H]3CC=C4C[C@@](C)(O)CC[C@]4(C)[C@H]3CC[C@]12C. The van der Waals surface area contributed by atoms with E-state index in [0.29, 0.717) is 36.4 Å². The molecular weight excluding hydrogens is 384 g/mol. The molecule has 0 aromatic heterocycles. The van der Waals surface area contributed by atoms with Crippen molar-refractivity contribution in [3.8, 4) is 0 Å². The van der Waals surface area contributed by atoms with Crippen molar-refractivity contribution in [3.05, 3.63) is 23.8 Å². The number of ether oxygens (including phenoxy) is 1. The Kier molecular flexibility index (Phi) is 5.32. The van der Waals surface area contributed by atoms with Crippen molar-refractivity contribution in [2.75, 3.05) is 13.2 Å². The summed E-state index contributed by atoms with van der Waals surface area (Å²) in [5.41, 5.74) is 1.10. The third kappa shape index (κ3) is 3.58. The van der Waals surface area contributed by atoms with Gasteiger partial charge in [-0.1, -0.05) is 44.6 Å². The highest BCUT2D eigenvalue weighted by molar-refractivity contribution is 5.29. The van der Waals surface area contributed by atoms with E-state index in [1.165, 1.54) is 19.3 Å². The van der Waals surface area contributed by atoms with E-state index >= 15 is 0 Å². The number of fused-ring (bicyclic) bond motifs is 5. The highest BCUT2D eigenvalue weighted by Gasteiger charge is 2.58. The molecule has 0 aromatic carbocycles. The van der Waals surface area contributed by atoms with Crippen molar-refractivity contribution in [3.63, 3.8) is 0 Å². The van der Waals surface area contributed by atoms with Gasteiger partial charge in [-0.15, -0.1) is 0 Å². The fourth-order valence-electron chi connectivity index (χ4n) is 8.61. The Morgan fingerprint density at radius 3 is 2.65 bits per heavy atom. The van der Waals surface area contributed by atoms with Crippen LogP contribution >= 0.6 is 0 Å². The molecule has 1 saturated heterocycles. The molecule has 31 heavy (non-hydrogen) atoms. The lowest BCUT2D eigenvalue weighted by atomic mass is 9.46. The van der Waals surface area contributed by atoms with Crippen molar-refractivity contribution in [1.82, 2.24) is 0 Å². The summed E-state index contributed by atoms with van der Waals surface area (Å²) in [6, 6.07) is 0. The second kappa shape index (κ2) is 7.43. The molecule has 0 amide bonds. The van der Waals surface area contributed by atoms with Gasteiger partial charge >= 0.3 is 0 Å². The molecule has 5 aliphatic rings. The van der Waals surface area contributed by atoms with Crippen LogP contribution in [0.4, 0.5) is 0 Å². The number of hydrogen-bond acceptors (Lipinski definition) is 3. The number of hydrogen-bond donors (Lipinski definition) is 2. The molecule has 1 aliphatic heterocycles. The van der Waals surface area contributed by atoms with E-state index in [9.17, 15) is 10.2 Å². The molecule has 2 N–H and O–H groups in total. The van der Waals surface area contributed by atoms with Crippen LogP contribution < -0.4 is 0 Å². The first-order valence-electron chi connectivity index (χ1n) is 13.0. The van der Waals surface area contributed by atoms with E-state index in [4.69, 9.17) is 4.74 Å². The van der Waals surface area contributed by atoms with Gasteiger partial charge in [0.2, 0.25) is 0 Å². The minimum Gasteiger partial charge on any atom is -0.390 e. The maximum absolute atomic E-state index is 10.7. The van der Waals surface area contributed by atoms with Crippen LogP contribution in [-0.2, 0) is 4.74 Å². The van der Waals surface area contributed by atoms with Gasteiger partial charge in [0, 0.05) is 13.0 Å². The molecule has 2 saturated carbocycles. The molecule has 0 spiro atoms. The van der Waals surface area contributed by atoms with Gasteiger partial charge in [0.05, 0.1) is 17.8 Å². The topological polar surface area (TPSA) is 49.7 Å². The molecule has 9 atom stereocenters. The molecule has 3 nitrogen and oxygen atoms in total. The Balaban J connectivity index is 1.31. The Morgan fingerprint density at radius 1 is 1.10 bits per heavy atom. The fraction of sp³-hybridized carbons (Fsp3) is 0.857. The van der Waals surface area contributed by atoms with Gasteiger partial charge < -0.3 is 14.9 Å². The summed E-state index contributed by atoms with van der Waals surface area (Å²) in [5, 5.41) is 21.4. The highest BCUT2D eigenvalue weighted by atomic mass is 16.5. The second-order valence-electron chi connectivity index (χ2n) is 12.9. The Hall–Kier alpha value is -0.640. The van der Waals surface area contributed by atoms with Gasteiger partial charge in [-0.3, -0.25) is 0 Å². The van der Waals surface area contributed by atoms with Crippen LogP contribution in [0.25, 0.3) is 0 Å². The van der Waals surface area contributed by atoms with Crippen molar-refractivity contribution < 1.29 is 14.9 Å². The molecule has 0 aromatic rings. The second-order valence-corrected chi connectivity index (χ2v) is 12.9. The van der Waals surface area contributed by atoms with Crippen molar-refractivity contribution in [1.29, 1.82) is 0 Å². The van der Waals surface area contributed by atoms with Crippen molar-refractivity contribution in [2.45, 2.75) is 96.7 Å². The summed E-state index contributed by atoms with van der Waals surface area (Å²) in [5.74, 6) is 3.40. The molecule has 1 heterocycles. The largest absolute Gasteiger partial charge is 0.390 e. The normalized spacial score (nSPS) is 52.3. The summed E-state index contributed by atoms with van der Waals surface area (Å²) in [7, 11) is 0. The Bertz CT molecular complexity index is 760. The lowest BCUT2D eigenvalue weighted by molar-refractivity contribution is -0.0650. The molecule has 4 aliphatic carbocycles. The van der Waals surface area contributed by atoms with E-state index in [1.807, 2.05) is 6.92 Å². The Morgan fingerprint density at radius 2 is 1.90 bits per heavy atom. The quantitative estimate of drug-likeness (QED) is 0.568. The van der Waals surface area contributed by atoms with Gasteiger partial charge in [-0.25, -0.2) is 0 Å². The molecule has 3 fully saturated rings. The number of allylic oxidation sites excluding steroid dienone is 3. The molecule has 0 radical (unpaired) electrons. The molecule has 5 rings (SSSR count). The van der Waals surface area contributed by atoms with Gasteiger partial charge in [-0.05, 0) is 98.7 Å². The van der Waals surface area contributed by atoms with E-state index < -0.39 is 11.2 Å². The summed E-state index contributed by atoms with van der Waals surface area (Å²) in [6.07, 6.45) is 17.2. The minimum atomic E-state index is -0.587. The van der Waals surface area contributed by atoms with Crippen molar-refractivity contribution >= 4 is 0 Å². The maximum atomic E-state index is 10.7. The first-order valence-corrected chi connectivity index (χ1v) is 13.0.